The van der Waals surface area contributed by atoms with Gasteiger partial charge in [-0.25, -0.2) is 4.79 Å². The first-order valence-corrected chi connectivity index (χ1v) is 7.59. The van der Waals surface area contributed by atoms with Gasteiger partial charge in [-0.2, -0.15) is 5.26 Å². The number of carbonyl (C=O) groups is 2. The molecule has 0 aliphatic rings. The first kappa shape index (κ1) is 18.5. The highest BCUT2D eigenvalue weighted by Gasteiger charge is 2.18. The first-order chi connectivity index (χ1) is 11.0. The van der Waals surface area contributed by atoms with Gasteiger partial charge in [0.1, 0.15) is 5.75 Å². The fraction of sp³-hybridized carbons (Fsp3) is 0.471. The van der Waals surface area contributed by atoms with Crippen molar-refractivity contribution in [1.29, 1.82) is 5.26 Å². The molecule has 6 nitrogen and oxygen atoms in total. The van der Waals surface area contributed by atoms with E-state index in [0.29, 0.717) is 11.3 Å². The minimum absolute atomic E-state index is 0.0542. The van der Waals surface area contributed by atoms with Crippen LogP contribution in [0, 0.1) is 11.3 Å². The Morgan fingerprint density at radius 2 is 1.91 bits per heavy atom. The Morgan fingerprint density at radius 3 is 2.48 bits per heavy atom. The van der Waals surface area contributed by atoms with E-state index in [9.17, 15) is 9.59 Å². The summed E-state index contributed by atoms with van der Waals surface area (Å²) in [5, 5.41) is 11.5. The van der Waals surface area contributed by atoms with Gasteiger partial charge < -0.3 is 14.8 Å². The zero-order chi connectivity index (χ0) is 17.2. The Balaban J connectivity index is 2.38. The molecule has 2 atom stereocenters. The van der Waals surface area contributed by atoms with E-state index in [4.69, 9.17) is 14.7 Å². The molecule has 0 aliphatic carbocycles. The zero-order valence-corrected chi connectivity index (χ0v) is 13.7. The lowest BCUT2D eigenvalue weighted by Gasteiger charge is -2.15. The van der Waals surface area contributed by atoms with Gasteiger partial charge >= 0.3 is 5.97 Å². The number of hydrogen-bond acceptors (Lipinski definition) is 5. The van der Waals surface area contributed by atoms with Gasteiger partial charge in [-0.15, -0.1) is 0 Å². The van der Waals surface area contributed by atoms with Crippen LogP contribution in [-0.4, -0.2) is 30.6 Å². The van der Waals surface area contributed by atoms with Gasteiger partial charge in [-0.1, -0.05) is 13.3 Å². The van der Waals surface area contributed by atoms with Crippen LogP contribution >= 0.6 is 0 Å². The quantitative estimate of drug-likeness (QED) is 0.742. The molecule has 0 saturated carbocycles. The summed E-state index contributed by atoms with van der Waals surface area (Å²) in [6, 6.07) is 8.43. The molecule has 0 saturated heterocycles. The summed E-state index contributed by atoms with van der Waals surface area (Å²) in [6.45, 7) is 5.15. The molecule has 0 unspecified atom stereocenters. The molecular weight excluding hydrogens is 296 g/mol. The van der Waals surface area contributed by atoms with E-state index in [-0.39, 0.29) is 18.6 Å². The molecule has 1 rings (SSSR count). The number of benzene rings is 1. The molecule has 0 heterocycles. The molecule has 0 aromatic heterocycles. The zero-order valence-electron chi connectivity index (χ0n) is 13.7. The normalized spacial score (nSPS) is 12.6. The second-order valence-corrected chi connectivity index (χ2v) is 5.26. The third kappa shape index (κ3) is 6.83. The largest absolute Gasteiger partial charge is 0.479 e. The van der Waals surface area contributed by atoms with Crippen LogP contribution in [0.2, 0.25) is 0 Å². The van der Waals surface area contributed by atoms with Crippen molar-refractivity contribution in [3.63, 3.8) is 0 Å². The highest BCUT2D eigenvalue weighted by molar-refractivity contribution is 5.82. The van der Waals surface area contributed by atoms with Crippen LogP contribution in [0.3, 0.4) is 0 Å². The SMILES string of the molecule is CCC[C@@H](C)NC(=O)COC(=O)[C@@H](C)Oc1ccc(C#N)cc1. The number of hydrogen-bond donors (Lipinski definition) is 1. The maximum absolute atomic E-state index is 11.8. The van der Waals surface area contributed by atoms with E-state index in [2.05, 4.69) is 5.32 Å². The summed E-state index contributed by atoms with van der Waals surface area (Å²) in [4.78, 5) is 23.4. The predicted octanol–water partition coefficient (Wildman–Crippen LogP) is 2.17. The van der Waals surface area contributed by atoms with Crippen molar-refractivity contribution in [1.82, 2.24) is 5.32 Å². The van der Waals surface area contributed by atoms with Crippen molar-refractivity contribution in [2.24, 2.45) is 0 Å². The third-order valence-corrected chi connectivity index (χ3v) is 3.10. The lowest BCUT2D eigenvalue weighted by Crippen LogP contribution is -2.37. The number of nitrogens with zero attached hydrogens (tertiary/aromatic N) is 1. The standard InChI is InChI=1S/C17H22N2O4/c1-4-5-12(2)19-16(20)11-22-17(21)13(3)23-15-8-6-14(10-18)7-9-15/h6-9,12-13H,4-5,11H2,1-3H3,(H,19,20)/t12-,13-/m1/s1. The van der Waals surface area contributed by atoms with Crippen molar-refractivity contribution in [3.8, 4) is 11.8 Å². The predicted molar refractivity (Wildman–Crippen MR) is 84.7 cm³/mol. The summed E-state index contributed by atoms with van der Waals surface area (Å²) >= 11 is 0. The number of nitrogens with one attached hydrogen (secondary N) is 1. The third-order valence-electron chi connectivity index (χ3n) is 3.10. The van der Waals surface area contributed by atoms with Crippen molar-refractivity contribution < 1.29 is 19.1 Å². The minimum atomic E-state index is -0.844. The van der Waals surface area contributed by atoms with E-state index in [0.717, 1.165) is 12.8 Å². The number of esters is 1. The summed E-state index contributed by atoms with van der Waals surface area (Å²) in [5.74, 6) is -0.494. The Hall–Kier alpha value is -2.55. The average Bonchev–Trinajstić information content (AvgIpc) is 2.53. The summed E-state index contributed by atoms with van der Waals surface area (Å²) in [7, 11) is 0. The maximum atomic E-state index is 11.8. The van der Waals surface area contributed by atoms with Crippen LogP contribution in [0.5, 0.6) is 5.75 Å². The molecule has 0 spiro atoms. The lowest BCUT2D eigenvalue weighted by molar-refractivity contribution is -0.154. The number of rotatable bonds is 8. The molecule has 23 heavy (non-hydrogen) atoms. The van der Waals surface area contributed by atoms with Crippen LogP contribution in [0.25, 0.3) is 0 Å². The van der Waals surface area contributed by atoms with Crippen LogP contribution in [0.15, 0.2) is 24.3 Å². The van der Waals surface area contributed by atoms with Crippen LogP contribution in [0.4, 0.5) is 0 Å². The molecule has 0 aliphatic heterocycles. The topological polar surface area (TPSA) is 88.4 Å². The van der Waals surface area contributed by atoms with Crippen molar-refractivity contribution >= 4 is 11.9 Å². The van der Waals surface area contributed by atoms with Gasteiger partial charge in [0, 0.05) is 6.04 Å². The van der Waals surface area contributed by atoms with Gasteiger partial charge in [0.25, 0.3) is 5.91 Å². The molecule has 0 fully saturated rings. The Labute approximate surface area is 136 Å². The number of nitriles is 1. The van der Waals surface area contributed by atoms with Gasteiger partial charge in [-0.3, -0.25) is 4.79 Å². The van der Waals surface area contributed by atoms with E-state index in [1.165, 1.54) is 6.92 Å². The number of ether oxygens (including phenoxy) is 2. The molecule has 124 valence electrons. The summed E-state index contributed by atoms with van der Waals surface area (Å²) in [5.41, 5.74) is 0.505. The Morgan fingerprint density at radius 1 is 1.26 bits per heavy atom. The lowest BCUT2D eigenvalue weighted by atomic mass is 10.2. The average molecular weight is 318 g/mol. The highest BCUT2D eigenvalue weighted by Crippen LogP contribution is 2.13. The Kier molecular flexibility index (Phi) is 7.61. The van der Waals surface area contributed by atoms with Crippen molar-refractivity contribution in [3.05, 3.63) is 29.8 Å². The van der Waals surface area contributed by atoms with Crippen molar-refractivity contribution in [2.75, 3.05) is 6.61 Å². The smallest absolute Gasteiger partial charge is 0.347 e. The van der Waals surface area contributed by atoms with Gasteiger partial charge in [0.15, 0.2) is 12.7 Å². The number of amides is 1. The summed E-state index contributed by atoms with van der Waals surface area (Å²) < 4.78 is 10.3. The van der Waals surface area contributed by atoms with Crippen molar-refractivity contribution in [2.45, 2.75) is 45.8 Å². The van der Waals surface area contributed by atoms with E-state index < -0.39 is 12.1 Å². The molecule has 0 bridgehead atoms. The monoisotopic (exact) mass is 318 g/mol. The fourth-order valence-corrected chi connectivity index (χ4v) is 1.94. The first-order valence-electron chi connectivity index (χ1n) is 7.59. The van der Waals surface area contributed by atoms with E-state index in [1.807, 2.05) is 19.9 Å². The van der Waals surface area contributed by atoms with Gasteiger partial charge in [-0.05, 0) is 44.5 Å². The second-order valence-electron chi connectivity index (χ2n) is 5.26. The molecule has 6 heteroatoms. The second kappa shape index (κ2) is 9.46. The highest BCUT2D eigenvalue weighted by atomic mass is 16.6. The molecule has 1 N–H and O–H groups in total. The minimum Gasteiger partial charge on any atom is -0.479 e. The Bertz CT molecular complexity index is 563. The molecule has 1 aromatic carbocycles. The summed E-state index contributed by atoms with van der Waals surface area (Å²) in [6.07, 6.45) is 0.998. The number of carbonyl (C=O) groups excluding carboxylic acids is 2. The molecule has 1 amide bonds. The van der Waals surface area contributed by atoms with Gasteiger partial charge in [0.2, 0.25) is 0 Å². The van der Waals surface area contributed by atoms with Crippen LogP contribution in [0.1, 0.15) is 39.2 Å². The van der Waals surface area contributed by atoms with Gasteiger partial charge in [0.05, 0.1) is 11.6 Å². The fourth-order valence-electron chi connectivity index (χ4n) is 1.94. The van der Waals surface area contributed by atoms with E-state index >= 15 is 0 Å². The molecular formula is C17H22N2O4. The molecule has 1 aromatic rings. The van der Waals surface area contributed by atoms with E-state index in [1.54, 1.807) is 24.3 Å². The maximum Gasteiger partial charge on any atom is 0.347 e. The van der Waals surface area contributed by atoms with Crippen LogP contribution < -0.4 is 10.1 Å². The molecule has 0 radical (unpaired) electrons. The van der Waals surface area contributed by atoms with Crippen LogP contribution in [-0.2, 0) is 14.3 Å².